The number of nitrogens with one attached hydrogen (secondary N) is 1. The van der Waals surface area contributed by atoms with E-state index in [0.717, 1.165) is 82.1 Å². The molecule has 35 heavy (non-hydrogen) atoms. The van der Waals surface area contributed by atoms with Gasteiger partial charge in [-0.1, -0.05) is 12.8 Å². The normalized spacial score (nSPS) is 26.3. The van der Waals surface area contributed by atoms with Crippen LogP contribution in [-0.4, -0.2) is 68.9 Å². The number of piperidine rings is 1. The Hall–Kier alpha value is -2.19. The lowest BCUT2D eigenvalue weighted by Gasteiger charge is -2.43. The number of anilines is 1. The fraction of sp³-hybridized carbons (Fsp3) is 0.704. The molecular weight excluding hydrogens is 449 g/mol. The summed E-state index contributed by atoms with van der Waals surface area (Å²) in [6, 6.07) is 5.49. The van der Waals surface area contributed by atoms with Gasteiger partial charge in [-0.05, 0) is 81.8 Å². The average Bonchev–Trinajstić information content (AvgIpc) is 3.68. The van der Waals surface area contributed by atoms with Crippen molar-refractivity contribution < 1.29 is 23.5 Å². The second kappa shape index (κ2) is 10.4. The van der Waals surface area contributed by atoms with Crippen LogP contribution < -0.4 is 10.2 Å². The van der Waals surface area contributed by atoms with Crippen LogP contribution in [0.5, 0.6) is 0 Å². The zero-order valence-electron chi connectivity index (χ0n) is 20.8. The molecule has 3 fully saturated rings. The number of carbonyl (C=O) groups excluding carboxylic acids is 2. The molecule has 192 valence electrons. The van der Waals surface area contributed by atoms with Crippen molar-refractivity contribution in [2.24, 2.45) is 5.92 Å². The highest BCUT2D eigenvalue weighted by Crippen LogP contribution is 2.49. The molecule has 2 saturated carbocycles. The van der Waals surface area contributed by atoms with Crippen molar-refractivity contribution in [2.45, 2.75) is 75.3 Å². The maximum Gasteiger partial charge on any atom is 0.407 e. The van der Waals surface area contributed by atoms with E-state index in [0.29, 0.717) is 19.2 Å². The van der Waals surface area contributed by atoms with E-state index >= 15 is 0 Å². The summed E-state index contributed by atoms with van der Waals surface area (Å²) in [6.45, 7) is 3.19. The van der Waals surface area contributed by atoms with Gasteiger partial charge in [-0.15, -0.1) is 0 Å². The highest BCUT2D eigenvalue weighted by atomic mass is 19.1. The average molecular weight is 488 g/mol. The van der Waals surface area contributed by atoms with Gasteiger partial charge in [-0.3, -0.25) is 4.79 Å². The SMILES string of the molecule is COCCOC(=O)NC1CCCCC(N2CCC3(CC2)CN(C(=O)C2CC2)c2ccc(F)cc23)C1. The molecule has 8 heteroatoms. The standard InChI is InChI=1S/C27H38FN3O4/c1-34-14-15-35-26(33)29-21-4-2-3-5-22(17-21)30-12-10-27(11-13-30)18-31(25(32)19-6-7-19)24-9-8-20(28)16-23(24)27/h8-9,16,19,21-22H,2-7,10-15,17-18H2,1H3,(H,29,33). The van der Waals surface area contributed by atoms with Crippen LogP contribution in [0.1, 0.15) is 63.4 Å². The molecule has 1 aromatic carbocycles. The summed E-state index contributed by atoms with van der Waals surface area (Å²) < 4.78 is 24.5. The molecule has 1 saturated heterocycles. The summed E-state index contributed by atoms with van der Waals surface area (Å²) >= 11 is 0. The van der Waals surface area contributed by atoms with Crippen molar-refractivity contribution in [1.29, 1.82) is 0 Å². The molecule has 1 aromatic rings. The van der Waals surface area contributed by atoms with Crippen LogP contribution in [0.15, 0.2) is 18.2 Å². The quantitative estimate of drug-likeness (QED) is 0.485. The van der Waals surface area contributed by atoms with E-state index in [1.165, 1.54) is 6.07 Å². The first kappa shape index (κ1) is 24.5. The first-order valence-electron chi connectivity index (χ1n) is 13.3. The molecule has 2 atom stereocenters. The Bertz CT molecular complexity index is 929. The predicted molar refractivity (Wildman–Crippen MR) is 131 cm³/mol. The molecule has 0 aromatic heterocycles. The summed E-state index contributed by atoms with van der Waals surface area (Å²) in [5, 5.41) is 3.06. The van der Waals surface area contributed by atoms with Crippen molar-refractivity contribution >= 4 is 17.7 Å². The summed E-state index contributed by atoms with van der Waals surface area (Å²) in [4.78, 5) is 29.7. The van der Waals surface area contributed by atoms with Gasteiger partial charge in [0.1, 0.15) is 12.4 Å². The number of alkyl carbamates (subject to hydrolysis) is 1. The van der Waals surface area contributed by atoms with Crippen molar-refractivity contribution in [3.63, 3.8) is 0 Å². The summed E-state index contributed by atoms with van der Waals surface area (Å²) in [5.41, 5.74) is 1.78. The molecule has 2 amide bonds. The molecule has 2 heterocycles. The van der Waals surface area contributed by atoms with E-state index in [2.05, 4.69) is 10.2 Å². The van der Waals surface area contributed by atoms with Crippen LogP contribution in [0.25, 0.3) is 0 Å². The Balaban J connectivity index is 1.23. The van der Waals surface area contributed by atoms with Gasteiger partial charge in [0.05, 0.1) is 6.61 Å². The molecular formula is C27H38FN3O4. The molecule has 1 spiro atoms. The Morgan fingerprint density at radius 3 is 2.63 bits per heavy atom. The fourth-order valence-corrected chi connectivity index (χ4v) is 6.36. The zero-order valence-corrected chi connectivity index (χ0v) is 20.8. The summed E-state index contributed by atoms with van der Waals surface area (Å²) in [5.74, 6) is 0.147. The monoisotopic (exact) mass is 487 g/mol. The fourth-order valence-electron chi connectivity index (χ4n) is 6.36. The first-order chi connectivity index (χ1) is 17.0. The third-order valence-corrected chi connectivity index (χ3v) is 8.48. The molecule has 0 radical (unpaired) electrons. The largest absolute Gasteiger partial charge is 0.447 e. The number of likely N-dealkylation sites (tertiary alicyclic amines) is 1. The number of hydrogen-bond acceptors (Lipinski definition) is 5. The van der Waals surface area contributed by atoms with Gasteiger partial charge in [0.25, 0.3) is 0 Å². The number of methoxy groups -OCH3 is 1. The molecule has 4 aliphatic rings. The molecule has 7 nitrogen and oxygen atoms in total. The molecule has 1 N–H and O–H groups in total. The van der Waals surface area contributed by atoms with Crippen LogP contribution in [-0.2, 0) is 19.7 Å². The summed E-state index contributed by atoms with van der Waals surface area (Å²) in [7, 11) is 1.59. The lowest BCUT2D eigenvalue weighted by Crippen LogP contribution is -2.50. The third-order valence-electron chi connectivity index (χ3n) is 8.48. The maximum atomic E-state index is 14.3. The van der Waals surface area contributed by atoms with Crippen LogP contribution in [0.3, 0.4) is 0 Å². The molecule has 2 unspecified atom stereocenters. The van der Waals surface area contributed by atoms with Gasteiger partial charge in [0.2, 0.25) is 5.91 Å². The van der Waals surface area contributed by atoms with Crippen LogP contribution >= 0.6 is 0 Å². The number of hydrogen-bond donors (Lipinski definition) is 1. The number of rotatable bonds is 6. The minimum atomic E-state index is -0.365. The maximum absolute atomic E-state index is 14.3. The van der Waals surface area contributed by atoms with Gasteiger partial charge in [0.15, 0.2) is 0 Å². The van der Waals surface area contributed by atoms with E-state index in [1.54, 1.807) is 19.2 Å². The van der Waals surface area contributed by atoms with Crippen LogP contribution in [0.2, 0.25) is 0 Å². The molecule has 0 bridgehead atoms. The van der Waals surface area contributed by atoms with E-state index in [9.17, 15) is 14.0 Å². The van der Waals surface area contributed by atoms with Gasteiger partial charge in [-0.2, -0.15) is 0 Å². The predicted octanol–water partition coefficient (Wildman–Crippen LogP) is 3.99. The second-order valence-corrected chi connectivity index (χ2v) is 10.8. The van der Waals surface area contributed by atoms with Crippen molar-refractivity contribution in [3.05, 3.63) is 29.6 Å². The highest BCUT2D eigenvalue weighted by molar-refractivity contribution is 5.99. The lowest BCUT2D eigenvalue weighted by atomic mass is 9.74. The van der Waals surface area contributed by atoms with Gasteiger partial charge in [-0.25, -0.2) is 9.18 Å². The van der Waals surface area contributed by atoms with Crippen LogP contribution in [0, 0.1) is 11.7 Å². The van der Waals surface area contributed by atoms with Crippen molar-refractivity contribution in [3.8, 4) is 0 Å². The number of nitrogens with zero attached hydrogens (tertiary/aromatic N) is 2. The van der Waals surface area contributed by atoms with Gasteiger partial charge in [0, 0.05) is 42.8 Å². The Morgan fingerprint density at radius 1 is 1.11 bits per heavy atom. The van der Waals surface area contributed by atoms with E-state index in [4.69, 9.17) is 9.47 Å². The van der Waals surface area contributed by atoms with Gasteiger partial charge < -0.3 is 24.6 Å². The van der Waals surface area contributed by atoms with Crippen molar-refractivity contribution in [1.82, 2.24) is 10.2 Å². The Labute approximate surface area is 207 Å². The lowest BCUT2D eigenvalue weighted by molar-refractivity contribution is -0.119. The Kier molecular flexibility index (Phi) is 7.30. The smallest absolute Gasteiger partial charge is 0.407 e. The first-order valence-corrected chi connectivity index (χ1v) is 13.3. The number of benzene rings is 1. The highest BCUT2D eigenvalue weighted by Gasteiger charge is 2.49. The zero-order chi connectivity index (χ0) is 24.4. The van der Waals surface area contributed by atoms with E-state index in [-0.39, 0.29) is 41.8 Å². The minimum absolute atomic E-state index is 0.112. The third kappa shape index (κ3) is 5.33. The number of carbonyl (C=O) groups is 2. The number of ether oxygens (including phenoxy) is 2. The van der Waals surface area contributed by atoms with Crippen molar-refractivity contribution in [2.75, 3.05) is 44.9 Å². The number of fused-ring (bicyclic) bond motifs is 2. The van der Waals surface area contributed by atoms with Crippen LogP contribution in [0.4, 0.5) is 14.9 Å². The minimum Gasteiger partial charge on any atom is -0.447 e. The molecule has 5 rings (SSSR count). The van der Waals surface area contributed by atoms with E-state index < -0.39 is 0 Å². The number of amides is 2. The van der Waals surface area contributed by atoms with E-state index in [1.807, 2.05) is 4.90 Å². The second-order valence-electron chi connectivity index (χ2n) is 10.8. The Morgan fingerprint density at radius 2 is 1.89 bits per heavy atom. The van der Waals surface area contributed by atoms with Gasteiger partial charge >= 0.3 is 6.09 Å². The number of halogens is 1. The molecule has 2 aliphatic heterocycles. The summed E-state index contributed by atoms with van der Waals surface area (Å²) in [6.07, 6.45) is 8.70. The molecule has 2 aliphatic carbocycles. The topological polar surface area (TPSA) is 71.1 Å².